The molecule has 2 aliphatic rings. The molecule has 0 bridgehead atoms. The summed E-state index contributed by atoms with van der Waals surface area (Å²) in [7, 11) is 0. The Morgan fingerprint density at radius 2 is 1.19 bits per heavy atom. The molecule has 8 heterocycles. The molecule has 0 fully saturated rings. The Labute approximate surface area is 410 Å². The van der Waals surface area contributed by atoms with Gasteiger partial charge in [0.25, 0.3) is 5.56 Å². The predicted molar refractivity (Wildman–Crippen MR) is 264 cm³/mol. The van der Waals surface area contributed by atoms with Gasteiger partial charge in [0.2, 0.25) is 17.7 Å². The lowest BCUT2D eigenvalue weighted by Gasteiger charge is -2.24. The second-order valence-electron chi connectivity index (χ2n) is 17.5. The molecule has 70 heavy (non-hydrogen) atoms. The van der Waals surface area contributed by atoms with Crippen LogP contribution in [0.2, 0.25) is 10.0 Å². The van der Waals surface area contributed by atoms with E-state index >= 15 is 0 Å². The van der Waals surface area contributed by atoms with Crippen LogP contribution < -0.4 is 20.9 Å². The van der Waals surface area contributed by atoms with Crippen molar-refractivity contribution in [3.63, 3.8) is 0 Å². The van der Waals surface area contributed by atoms with Gasteiger partial charge in [0.15, 0.2) is 11.6 Å². The number of hydrogen-bond acceptors (Lipinski definition) is 11. The first-order valence-corrected chi connectivity index (χ1v) is 23.4. The van der Waals surface area contributed by atoms with Crippen LogP contribution in [-0.2, 0) is 48.7 Å². The number of carbonyl (C=O) groups excluding carboxylic acids is 2. The number of fused-ring (bicyclic) bond motifs is 4. The third kappa shape index (κ3) is 10.3. The first-order chi connectivity index (χ1) is 33.7. The number of rotatable bonds is 11. The highest BCUT2D eigenvalue weighted by atomic mass is 35.5. The van der Waals surface area contributed by atoms with Crippen molar-refractivity contribution in [3.05, 3.63) is 152 Å². The topological polar surface area (TPSA) is 170 Å². The fourth-order valence-electron chi connectivity index (χ4n) is 8.51. The molecule has 10 rings (SSSR count). The van der Waals surface area contributed by atoms with Crippen molar-refractivity contribution in [1.82, 2.24) is 48.9 Å². The summed E-state index contributed by atoms with van der Waals surface area (Å²) < 4.78 is 40.2. The van der Waals surface area contributed by atoms with Crippen molar-refractivity contribution in [1.29, 1.82) is 0 Å². The SMILES string of the molecule is CC(C)N1CCc2cc(Nc3cc4cc(COc5ccccn5)c(F)c(Cl)c4cn3)nn2CC1=O.CC(C)N1CCc2cc(Nc3cc4cc(Cn5ccccc5=O)c(F)c(Cl)c4cn3)nn2CC1=O. The van der Waals surface area contributed by atoms with Crippen LogP contribution in [0.5, 0.6) is 5.88 Å². The van der Waals surface area contributed by atoms with Crippen molar-refractivity contribution >= 4 is 79.8 Å². The van der Waals surface area contributed by atoms with E-state index in [0.29, 0.717) is 81.3 Å². The zero-order chi connectivity index (χ0) is 49.2. The first-order valence-electron chi connectivity index (χ1n) is 22.7. The molecule has 0 unspecified atom stereocenters. The predicted octanol–water partition coefficient (Wildman–Crippen LogP) is 8.71. The average molecular weight is 990 g/mol. The van der Waals surface area contributed by atoms with Crippen LogP contribution >= 0.6 is 23.2 Å². The summed E-state index contributed by atoms with van der Waals surface area (Å²) in [5.74, 6) is 1.56. The molecule has 0 atom stereocenters. The van der Waals surface area contributed by atoms with Crippen molar-refractivity contribution in [2.24, 2.45) is 0 Å². The van der Waals surface area contributed by atoms with E-state index in [1.54, 1.807) is 76.4 Å². The van der Waals surface area contributed by atoms with Gasteiger partial charge >= 0.3 is 0 Å². The summed E-state index contributed by atoms with van der Waals surface area (Å²) in [4.78, 5) is 53.7. The number of benzene rings is 2. The van der Waals surface area contributed by atoms with E-state index < -0.39 is 11.6 Å². The Bertz CT molecular complexity index is 3330. The highest BCUT2D eigenvalue weighted by Gasteiger charge is 2.26. The van der Waals surface area contributed by atoms with Crippen molar-refractivity contribution in [2.45, 2.75) is 78.9 Å². The number of hydrogen-bond donors (Lipinski definition) is 2. The Morgan fingerprint density at radius 3 is 1.70 bits per heavy atom. The van der Waals surface area contributed by atoms with Crippen LogP contribution in [0.15, 0.2) is 102 Å². The van der Waals surface area contributed by atoms with Gasteiger partial charge in [-0.3, -0.25) is 23.7 Å². The Balaban J connectivity index is 0.000000174. The highest BCUT2D eigenvalue weighted by molar-refractivity contribution is 6.36. The minimum atomic E-state index is -0.574. The van der Waals surface area contributed by atoms with E-state index in [0.717, 1.165) is 17.8 Å². The molecule has 2 amide bonds. The van der Waals surface area contributed by atoms with Crippen molar-refractivity contribution < 1.29 is 23.1 Å². The van der Waals surface area contributed by atoms with E-state index in [4.69, 9.17) is 27.9 Å². The summed E-state index contributed by atoms with van der Waals surface area (Å²) >= 11 is 12.6. The molecule has 20 heteroatoms. The maximum atomic E-state index is 14.9. The summed E-state index contributed by atoms with van der Waals surface area (Å²) in [6.07, 6.45) is 7.67. The number of aromatic nitrogens is 8. The minimum Gasteiger partial charge on any atom is -0.473 e. The van der Waals surface area contributed by atoms with Crippen LogP contribution in [0.1, 0.15) is 50.2 Å². The largest absolute Gasteiger partial charge is 0.473 e. The van der Waals surface area contributed by atoms with Crippen molar-refractivity contribution in [3.8, 4) is 5.88 Å². The number of nitrogens with zero attached hydrogens (tertiary/aromatic N) is 10. The van der Waals surface area contributed by atoms with Crippen LogP contribution in [0, 0.1) is 11.6 Å². The normalized spacial score (nSPS) is 13.8. The van der Waals surface area contributed by atoms with E-state index in [2.05, 4.69) is 35.8 Å². The number of anilines is 4. The Hall–Kier alpha value is -7.44. The fourth-order valence-corrected chi connectivity index (χ4v) is 9.06. The Kier molecular flexibility index (Phi) is 13.8. The average Bonchev–Trinajstić information content (AvgIpc) is 3.80. The maximum Gasteiger partial charge on any atom is 0.250 e. The van der Waals surface area contributed by atoms with Crippen LogP contribution in [0.3, 0.4) is 0 Å². The fraction of sp³-hybridized carbons (Fsp3) is 0.280. The van der Waals surface area contributed by atoms with Crippen LogP contribution in [0.25, 0.3) is 21.5 Å². The molecule has 2 N–H and O–H groups in total. The third-order valence-corrected chi connectivity index (χ3v) is 12.9. The minimum absolute atomic E-state index is 0.0110. The number of pyridine rings is 4. The number of amides is 2. The molecule has 360 valence electrons. The van der Waals surface area contributed by atoms with Gasteiger partial charge in [-0.05, 0) is 74.9 Å². The number of nitrogens with one attached hydrogen (secondary N) is 2. The van der Waals surface area contributed by atoms with E-state index in [-0.39, 0.29) is 65.7 Å². The summed E-state index contributed by atoms with van der Waals surface area (Å²) in [6, 6.07) is 21.1. The number of halogens is 4. The zero-order valence-electron chi connectivity index (χ0n) is 38.7. The molecular formula is C50H48Cl2F2N12O4. The lowest BCUT2D eigenvalue weighted by atomic mass is 10.1. The number of ether oxygens (including phenoxy) is 1. The summed E-state index contributed by atoms with van der Waals surface area (Å²) in [6.45, 7) is 9.78. The zero-order valence-corrected chi connectivity index (χ0v) is 40.2. The first kappa shape index (κ1) is 47.6. The summed E-state index contributed by atoms with van der Waals surface area (Å²) in [5, 5.41) is 17.7. The van der Waals surface area contributed by atoms with Gasteiger partial charge in [-0.15, -0.1) is 0 Å². The molecule has 16 nitrogen and oxygen atoms in total. The molecule has 0 radical (unpaired) electrons. The molecule has 0 saturated heterocycles. The van der Waals surface area contributed by atoms with E-state index in [9.17, 15) is 23.2 Å². The molecule has 2 aliphatic heterocycles. The van der Waals surface area contributed by atoms with Crippen molar-refractivity contribution in [2.75, 3.05) is 23.7 Å². The van der Waals surface area contributed by atoms with Gasteiger partial charge in [-0.1, -0.05) is 35.3 Å². The van der Waals surface area contributed by atoms with Gasteiger partial charge in [0.05, 0.1) is 16.6 Å². The second kappa shape index (κ2) is 20.3. The van der Waals surface area contributed by atoms with Gasteiger partial charge in [0.1, 0.15) is 43.0 Å². The van der Waals surface area contributed by atoms with E-state index in [1.807, 2.05) is 49.6 Å². The molecular weight excluding hydrogens is 942 g/mol. The summed E-state index contributed by atoms with van der Waals surface area (Å²) in [5.41, 5.74) is 2.33. The van der Waals surface area contributed by atoms with Gasteiger partial charge in [-0.2, -0.15) is 10.2 Å². The monoisotopic (exact) mass is 988 g/mol. The quantitative estimate of drug-likeness (QED) is 0.127. The van der Waals surface area contributed by atoms with Gasteiger partial charge in [0, 0.05) is 120 Å². The smallest absolute Gasteiger partial charge is 0.250 e. The second-order valence-corrected chi connectivity index (χ2v) is 18.3. The standard InChI is InChI=1S/2C25H24ClFN6O2/c1-15(2)32-8-6-18-11-21(31-33(18)13-23(32)34)30-20-10-16-9-17(14-35-22-5-3-4-7-28-22)25(27)24(26)19(16)12-29-20;1-15(2)32-8-6-18-11-21(30-33(18)14-23(32)35)29-20-10-16-9-17(13-31-7-4-3-5-22(31)34)25(27)24(26)19(16)12-28-20/h3-5,7,9-12,15H,6,8,13-14H2,1-2H3,(H,29,30,31);3-5,7,9-12,15H,6,8,13-14H2,1-2H3,(H,28,29,30). The highest BCUT2D eigenvalue weighted by Crippen LogP contribution is 2.33. The molecule has 0 saturated carbocycles. The lowest BCUT2D eigenvalue weighted by molar-refractivity contribution is -0.134. The molecule has 8 aromatic rings. The maximum absolute atomic E-state index is 14.9. The van der Waals surface area contributed by atoms with E-state index in [1.165, 1.54) is 23.0 Å². The third-order valence-electron chi connectivity index (χ3n) is 12.1. The molecule has 0 spiro atoms. The van der Waals surface area contributed by atoms with Gasteiger partial charge in [-0.25, -0.2) is 23.7 Å². The Morgan fingerprint density at radius 1 is 0.657 bits per heavy atom. The molecule has 2 aromatic carbocycles. The lowest BCUT2D eigenvalue weighted by Crippen LogP contribution is -2.38. The van der Waals surface area contributed by atoms with Gasteiger partial charge < -0.3 is 29.7 Å². The van der Waals surface area contributed by atoms with Crippen LogP contribution in [0.4, 0.5) is 32.1 Å². The molecule has 0 aliphatic carbocycles. The van der Waals surface area contributed by atoms with Crippen LogP contribution in [-0.4, -0.2) is 85.9 Å². The number of carbonyl (C=O) groups is 2. The molecule has 6 aromatic heterocycles.